The number of fused-ring (bicyclic) bond motifs is 2. The fourth-order valence-electron chi connectivity index (χ4n) is 6.81. The second-order valence-corrected chi connectivity index (χ2v) is 13.1. The number of aliphatic hydroxyl groups is 2. The van der Waals surface area contributed by atoms with Crippen molar-refractivity contribution in [3.8, 4) is 17.3 Å². The summed E-state index contributed by atoms with van der Waals surface area (Å²) in [5, 5.41) is 30.9. The predicted molar refractivity (Wildman–Crippen MR) is 158 cm³/mol. The zero-order valence-electron chi connectivity index (χ0n) is 23.9. The average molecular weight is 643 g/mol. The number of likely N-dealkylation sites (tertiary alicyclic amines) is 1. The number of nitrogens with zero attached hydrogens (tertiary/aromatic N) is 6. The van der Waals surface area contributed by atoms with Crippen LogP contribution in [0.3, 0.4) is 0 Å². The number of rotatable bonds is 6. The van der Waals surface area contributed by atoms with Gasteiger partial charge in [0.1, 0.15) is 28.0 Å². The van der Waals surface area contributed by atoms with Gasteiger partial charge in [0.05, 0.1) is 17.5 Å². The van der Waals surface area contributed by atoms with E-state index < -0.39 is 36.6 Å². The number of alkyl halides is 3. The smallest absolute Gasteiger partial charge is 0.387 e. The Kier molecular flexibility index (Phi) is 7.01. The van der Waals surface area contributed by atoms with Crippen LogP contribution in [0.4, 0.5) is 38.5 Å². The van der Waals surface area contributed by atoms with Gasteiger partial charge >= 0.3 is 6.18 Å². The monoisotopic (exact) mass is 642 g/mol. The minimum Gasteiger partial charge on any atom is -0.387 e. The first-order valence-corrected chi connectivity index (χ1v) is 15.1. The minimum absolute atomic E-state index is 0.0855. The van der Waals surface area contributed by atoms with E-state index in [0.717, 1.165) is 16.9 Å². The van der Waals surface area contributed by atoms with Gasteiger partial charge in [0.15, 0.2) is 17.1 Å². The van der Waals surface area contributed by atoms with Crippen LogP contribution in [0.15, 0.2) is 36.4 Å². The minimum atomic E-state index is -4.66. The number of thiazole rings is 1. The van der Waals surface area contributed by atoms with Crippen LogP contribution in [0.1, 0.15) is 28.7 Å². The van der Waals surface area contributed by atoms with Crippen molar-refractivity contribution in [2.75, 3.05) is 49.6 Å². The number of hydrogen-bond acceptors (Lipinski definition) is 9. The molecule has 8 nitrogen and oxygen atoms in total. The van der Waals surface area contributed by atoms with E-state index >= 15 is 4.39 Å². The Hall–Kier alpha value is -3.90. The molecule has 2 saturated heterocycles. The number of nitriles is 1. The largest absolute Gasteiger partial charge is 0.415 e. The topological polar surface area (TPSA) is 99.8 Å². The van der Waals surface area contributed by atoms with Gasteiger partial charge in [-0.2, -0.15) is 18.4 Å². The second-order valence-electron chi connectivity index (χ2n) is 12.1. The highest BCUT2D eigenvalue weighted by molar-refractivity contribution is 7.16. The molecular formula is C31H27F5N6O2S. The quantitative estimate of drug-likeness (QED) is 0.274. The number of halogens is 5. The summed E-state index contributed by atoms with van der Waals surface area (Å²) in [5.41, 5.74) is 3.19. The van der Waals surface area contributed by atoms with Crippen molar-refractivity contribution in [3.63, 3.8) is 0 Å². The molecule has 0 radical (unpaired) electrons. The molecule has 2 aromatic heterocycles. The predicted octanol–water partition coefficient (Wildman–Crippen LogP) is 5.30. The number of aromatic nitrogens is 2. The molecule has 14 heteroatoms. The number of hydrogen-bond donors (Lipinski definition) is 2. The second kappa shape index (κ2) is 10.6. The lowest BCUT2D eigenvalue weighted by Gasteiger charge is -2.61. The van der Waals surface area contributed by atoms with Crippen LogP contribution in [0, 0.1) is 28.4 Å². The van der Waals surface area contributed by atoms with Crippen LogP contribution in [0.25, 0.3) is 22.2 Å². The van der Waals surface area contributed by atoms with Crippen molar-refractivity contribution in [3.05, 3.63) is 64.2 Å². The highest BCUT2D eigenvalue weighted by Crippen LogP contribution is 2.47. The molecule has 4 aromatic rings. The van der Waals surface area contributed by atoms with E-state index in [1.54, 1.807) is 29.0 Å². The molecule has 7 rings (SSSR count). The van der Waals surface area contributed by atoms with Gasteiger partial charge in [-0.3, -0.25) is 4.90 Å². The molecule has 4 heterocycles. The standard InChI is InChI=1S/C31H27F5N6O2S/c1-40(29-39-25(23(10-37)45-29)16-2-4-17(32)5-3-16)28-19-6-7-22(43)27(19)38-26-20(28)8-18(9-21(26)33)42-14-30(15-42)12-41(13-30)11-24(44)31(34,35)36/h2-5,8-9,22,24,43-44H,6-7,11-15H2,1H3/t22-,24+/m1/s1. The third-order valence-electron chi connectivity index (χ3n) is 8.92. The summed E-state index contributed by atoms with van der Waals surface area (Å²) < 4.78 is 67.6. The molecule has 2 aliphatic heterocycles. The molecule has 2 N–H and O–H groups in total. The Morgan fingerprint density at radius 1 is 1.13 bits per heavy atom. The maximum absolute atomic E-state index is 15.8. The molecule has 0 saturated carbocycles. The summed E-state index contributed by atoms with van der Waals surface area (Å²) >= 11 is 1.14. The van der Waals surface area contributed by atoms with Gasteiger partial charge < -0.3 is 20.0 Å². The zero-order valence-corrected chi connectivity index (χ0v) is 24.8. The number of pyridine rings is 1. The fraction of sp³-hybridized carbons (Fsp3) is 0.387. The van der Waals surface area contributed by atoms with E-state index in [1.165, 1.54) is 18.2 Å². The first-order valence-electron chi connectivity index (χ1n) is 14.3. The lowest BCUT2D eigenvalue weighted by Crippen LogP contribution is -2.73. The summed E-state index contributed by atoms with van der Waals surface area (Å²) in [6, 6.07) is 11.1. The third kappa shape index (κ3) is 5.07. The molecule has 3 aliphatic rings. The highest BCUT2D eigenvalue weighted by atomic mass is 32.1. The van der Waals surface area contributed by atoms with Crippen molar-refractivity contribution in [2.24, 2.45) is 5.41 Å². The van der Waals surface area contributed by atoms with Gasteiger partial charge in [-0.1, -0.05) is 11.3 Å². The highest BCUT2D eigenvalue weighted by Gasteiger charge is 2.53. The number of benzene rings is 2. The van der Waals surface area contributed by atoms with Crippen LogP contribution >= 0.6 is 11.3 Å². The lowest BCUT2D eigenvalue weighted by molar-refractivity contribution is -0.215. The van der Waals surface area contributed by atoms with Crippen LogP contribution in [-0.4, -0.2) is 77.1 Å². The molecule has 2 atom stereocenters. The van der Waals surface area contributed by atoms with Crippen molar-refractivity contribution >= 4 is 38.7 Å². The van der Waals surface area contributed by atoms with Crippen LogP contribution in [-0.2, 0) is 6.42 Å². The summed E-state index contributed by atoms with van der Waals surface area (Å²) in [7, 11) is 1.76. The van der Waals surface area contributed by atoms with Gasteiger partial charge in [0.25, 0.3) is 0 Å². The molecule has 234 valence electrons. The fourth-order valence-corrected chi connectivity index (χ4v) is 7.66. The van der Waals surface area contributed by atoms with Crippen molar-refractivity contribution in [1.82, 2.24) is 14.9 Å². The first-order chi connectivity index (χ1) is 21.4. The van der Waals surface area contributed by atoms with E-state index in [-0.39, 0.29) is 10.9 Å². The van der Waals surface area contributed by atoms with Crippen molar-refractivity contribution < 1.29 is 32.2 Å². The molecule has 0 amide bonds. The van der Waals surface area contributed by atoms with Gasteiger partial charge in [-0.05, 0) is 49.2 Å². The van der Waals surface area contributed by atoms with Gasteiger partial charge in [0.2, 0.25) is 0 Å². The first kappa shape index (κ1) is 29.8. The van der Waals surface area contributed by atoms with E-state index in [2.05, 4.69) is 11.1 Å². The molecule has 0 bridgehead atoms. The Morgan fingerprint density at radius 2 is 1.84 bits per heavy atom. The summed E-state index contributed by atoms with van der Waals surface area (Å²) in [4.78, 5) is 14.9. The number of aliphatic hydroxyl groups excluding tert-OH is 2. The van der Waals surface area contributed by atoms with Crippen LogP contribution in [0.2, 0.25) is 0 Å². The Morgan fingerprint density at radius 3 is 2.51 bits per heavy atom. The number of anilines is 3. The Balaban J connectivity index is 1.22. The molecule has 1 aliphatic carbocycles. The van der Waals surface area contributed by atoms with Crippen molar-refractivity contribution in [1.29, 1.82) is 5.26 Å². The maximum atomic E-state index is 15.8. The normalized spacial score (nSPS) is 19.7. The van der Waals surface area contributed by atoms with E-state index in [1.807, 2.05) is 11.0 Å². The van der Waals surface area contributed by atoms with E-state index in [4.69, 9.17) is 4.98 Å². The Labute approximate surface area is 258 Å². The lowest BCUT2D eigenvalue weighted by atomic mass is 9.72. The van der Waals surface area contributed by atoms with Gasteiger partial charge in [-0.25, -0.2) is 18.7 Å². The number of β-amino-alcohol motifs (C(OH)–C–C–N with tert-alkyl or cyclic N) is 1. The van der Waals surface area contributed by atoms with Crippen LogP contribution < -0.4 is 9.80 Å². The SMILES string of the molecule is CN(c1nc(-c2ccc(F)cc2)c(C#N)s1)c1c2c(nc3c(F)cc(N4CC5(CN(C[C@H](O)C(F)(F)F)C5)C4)cc13)[C@H](O)CC2. The summed E-state index contributed by atoms with van der Waals surface area (Å²) in [6.45, 7) is 1.40. The van der Waals surface area contributed by atoms with E-state index in [9.17, 15) is 33.0 Å². The van der Waals surface area contributed by atoms with E-state index in [0.29, 0.717) is 82.7 Å². The molecule has 2 fully saturated rings. The summed E-state index contributed by atoms with van der Waals surface area (Å²) in [6.07, 6.45) is -6.99. The van der Waals surface area contributed by atoms with Crippen molar-refractivity contribution in [2.45, 2.75) is 31.2 Å². The zero-order chi connectivity index (χ0) is 31.8. The molecule has 45 heavy (non-hydrogen) atoms. The Bertz CT molecular complexity index is 1840. The van der Waals surface area contributed by atoms with Crippen LogP contribution in [0.5, 0.6) is 0 Å². The third-order valence-corrected chi connectivity index (χ3v) is 9.95. The average Bonchev–Trinajstić information content (AvgIpc) is 3.55. The summed E-state index contributed by atoms with van der Waals surface area (Å²) in [5.74, 6) is -0.990. The molecule has 2 aromatic carbocycles. The molecule has 0 unspecified atom stereocenters. The maximum Gasteiger partial charge on any atom is 0.415 e. The van der Waals surface area contributed by atoms with Gasteiger partial charge in [-0.15, -0.1) is 0 Å². The molecular weight excluding hydrogens is 615 g/mol. The van der Waals surface area contributed by atoms with Gasteiger partial charge in [0, 0.05) is 67.4 Å². The molecule has 1 spiro atoms.